The molecule has 0 aliphatic carbocycles. The molecule has 6 heavy (non-hydrogen) atoms. The van der Waals surface area contributed by atoms with E-state index in [1.165, 1.54) is 5.56 Å². The van der Waals surface area contributed by atoms with E-state index in [-0.39, 0.29) is 0 Å². The van der Waals surface area contributed by atoms with Gasteiger partial charge in [0.25, 0.3) is 0 Å². The van der Waals surface area contributed by atoms with Crippen LogP contribution in [0.15, 0.2) is 18.5 Å². The maximum atomic E-state index is 3.82. The molecular formula is C5H6N-. The first-order valence-electron chi connectivity index (χ1n) is 1.93. The first-order chi connectivity index (χ1) is 2.89. The normalized spacial score (nSPS) is 8.83. The van der Waals surface area contributed by atoms with Crippen molar-refractivity contribution in [2.45, 2.75) is 6.92 Å². The van der Waals surface area contributed by atoms with E-state index < -0.39 is 0 Å². The summed E-state index contributed by atoms with van der Waals surface area (Å²) in [4.78, 5) is 3.82. The van der Waals surface area contributed by atoms with Crippen molar-refractivity contribution >= 4 is 0 Å². The summed E-state index contributed by atoms with van der Waals surface area (Å²) < 4.78 is 0. The van der Waals surface area contributed by atoms with Crippen molar-refractivity contribution in [3.63, 3.8) is 0 Å². The Hall–Kier alpha value is -0.720. The molecule has 0 N–H and O–H groups in total. The lowest BCUT2D eigenvalue weighted by molar-refractivity contribution is 1.35. The minimum Gasteiger partial charge on any atom is -0.670 e. The molecule has 0 radical (unpaired) electrons. The summed E-state index contributed by atoms with van der Waals surface area (Å²) in [6.45, 7) is 2.02. The Kier molecular flexibility index (Phi) is 0.675. The van der Waals surface area contributed by atoms with Crippen molar-refractivity contribution in [2.75, 3.05) is 0 Å². The zero-order valence-electron chi connectivity index (χ0n) is 3.68. The summed E-state index contributed by atoms with van der Waals surface area (Å²) in [5, 5.41) is 0. The van der Waals surface area contributed by atoms with Crippen LogP contribution >= 0.6 is 0 Å². The van der Waals surface area contributed by atoms with E-state index in [1.807, 2.05) is 19.2 Å². The van der Waals surface area contributed by atoms with Gasteiger partial charge in [-0.05, 0) is 6.92 Å². The molecule has 1 heteroatoms. The van der Waals surface area contributed by atoms with Gasteiger partial charge in [-0.1, -0.05) is 11.6 Å². The third-order valence-electron chi connectivity index (χ3n) is 0.702. The second-order valence-electron chi connectivity index (χ2n) is 1.34. The van der Waals surface area contributed by atoms with Gasteiger partial charge in [-0.25, -0.2) is 0 Å². The van der Waals surface area contributed by atoms with E-state index in [2.05, 4.69) is 4.98 Å². The van der Waals surface area contributed by atoms with Gasteiger partial charge in [-0.2, -0.15) is 12.4 Å². The Balaban J connectivity index is 3.05. The van der Waals surface area contributed by atoms with E-state index >= 15 is 0 Å². The summed E-state index contributed by atoms with van der Waals surface area (Å²) in [6.07, 6.45) is 3.62. The molecule has 1 aromatic rings. The van der Waals surface area contributed by atoms with Crippen LogP contribution < -0.4 is 4.98 Å². The average Bonchev–Trinajstić information content (AvgIpc) is 1.86. The van der Waals surface area contributed by atoms with Gasteiger partial charge < -0.3 is 4.98 Å². The minimum absolute atomic E-state index is 1.23. The quantitative estimate of drug-likeness (QED) is 0.452. The summed E-state index contributed by atoms with van der Waals surface area (Å²) in [6, 6.07) is 1.97. The number of aromatic nitrogens is 1. The van der Waals surface area contributed by atoms with E-state index in [0.717, 1.165) is 0 Å². The van der Waals surface area contributed by atoms with Gasteiger partial charge in [0, 0.05) is 0 Å². The van der Waals surface area contributed by atoms with Crippen molar-refractivity contribution in [3.05, 3.63) is 24.0 Å². The number of hydrogen-bond acceptors (Lipinski definition) is 0. The third kappa shape index (κ3) is 0.432. The summed E-state index contributed by atoms with van der Waals surface area (Å²) in [5.41, 5.74) is 1.23. The molecule has 0 spiro atoms. The first kappa shape index (κ1) is 3.47. The number of rotatable bonds is 0. The standard InChI is InChI=1S/C5H6N/c1-5-2-3-6-4-5/h2-4H,1H3/q-1. The average molecular weight is 80.1 g/mol. The second-order valence-corrected chi connectivity index (χ2v) is 1.34. The summed E-state index contributed by atoms with van der Waals surface area (Å²) in [5.74, 6) is 0. The lowest BCUT2D eigenvalue weighted by Crippen LogP contribution is -1.53. The highest BCUT2D eigenvalue weighted by Gasteiger charge is 1.63. The summed E-state index contributed by atoms with van der Waals surface area (Å²) >= 11 is 0. The molecule has 0 bridgehead atoms. The maximum Gasteiger partial charge on any atom is -0.0416 e. The molecule has 0 saturated carbocycles. The van der Waals surface area contributed by atoms with Crippen LogP contribution in [0, 0.1) is 6.92 Å². The molecule has 0 amide bonds. The van der Waals surface area contributed by atoms with Gasteiger partial charge in [0.05, 0.1) is 0 Å². The Morgan fingerprint density at radius 1 is 1.67 bits per heavy atom. The van der Waals surface area contributed by atoms with E-state index in [1.54, 1.807) is 6.20 Å². The predicted molar refractivity (Wildman–Crippen MR) is 24.5 cm³/mol. The zero-order chi connectivity index (χ0) is 4.41. The van der Waals surface area contributed by atoms with Crippen molar-refractivity contribution in [2.24, 2.45) is 0 Å². The van der Waals surface area contributed by atoms with Gasteiger partial charge >= 0.3 is 0 Å². The molecule has 1 nitrogen and oxygen atoms in total. The highest BCUT2D eigenvalue weighted by Crippen LogP contribution is 1.87. The van der Waals surface area contributed by atoms with Crippen LogP contribution in [0.1, 0.15) is 5.56 Å². The number of nitrogens with zero attached hydrogens (tertiary/aromatic N) is 1. The molecule has 0 unspecified atom stereocenters. The number of aryl methyl sites for hydroxylation is 1. The molecule has 0 aliphatic rings. The minimum atomic E-state index is 1.23. The first-order valence-corrected chi connectivity index (χ1v) is 1.93. The highest BCUT2D eigenvalue weighted by atomic mass is 14.6. The molecule has 0 atom stereocenters. The molecular weight excluding hydrogens is 74.1 g/mol. The topological polar surface area (TPSA) is 14.1 Å². The fourth-order valence-corrected chi connectivity index (χ4v) is 0.364. The Labute approximate surface area is 37.0 Å². The van der Waals surface area contributed by atoms with Crippen molar-refractivity contribution in [3.8, 4) is 0 Å². The van der Waals surface area contributed by atoms with Gasteiger partial charge in [0.2, 0.25) is 0 Å². The number of hydrogen-bond donors (Lipinski definition) is 0. The van der Waals surface area contributed by atoms with Gasteiger partial charge in [0.1, 0.15) is 0 Å². The van der Waals surface area contributed by atoms with Crippen LogP contribution in [-0.2, 0) is 0 Å². The largest absolute Gasteiger partial charge is 0.670 e. The van der Waals surface area contributed by atoms with E-state index in [9.17, 15) is 0 Å². The molecule has 0 fully saturated rings. The second kappa shape index (κ2) is 1.17. The Bertz CT molecular complexity index is 107. The van der Waals surface area contributed by atoms with E-state index in [0.29, 0.717) is 0 Å². The van der Waals surface area contributed by atoms with Crippen molar-refractivity contribution in [1.29, 1.82) is 0 Å². The van der Waals surface area contributed by atoms with Crippen LogP contribution in [0.5, 0.6) is 0 Å². The Morgan fingerprint density at radius 2 is 2.50 bits per heavy atom. The van der Waals surface area contributed by atoms with E-state index in [4.69, 9.17) is 0 Å². The fraction of sp³-hybridized carbons (Fsp3) is 0.200. The van der Waals surface area contributed by atoms with Crippen molar-refractivity contribution < 1.29 is 0 Å². The van der Waals surface area contributed by atoms with Crippen LogP contribution in [0.2, 0.25) is 0 Å². The summed E-state index contributed by atoms with van der Waals surface area (Å²) in [7, 11) is 0. The maximum absolute atomic E-state index is 3.82. The smallest absolute Gasteiger partial charge is 0.0416 e. The van der Waals surface area contributed by atoms with Crippen LogP contribution in [0.4, 0.5) is 0 Å². The monoisotopic (exact) mass is 80.1 g/mol. The molecule has 0 aromatic carbocycles. The van der Waals surface area contributed by atoms with Gasteiger partial charge in [-0.3, -0.25) is 0 Å². The molecule has 1 aromatic heterocycles. The molecule has 1 heterocycles. The molecule has 0 saturated heterocycles. The predicted octanol–water partition coefficient (Wildman–Crippen LogP) is 0.952. The van der Waals surface area contributed by atoms with Crippen LogP contribution in [0.3, 0.4) is 0 Å². The van der Waals surface area contributed by atoms with Crippen LogP contribution in [-0.4, -0.2) is 0 Å². The Morgan fingerprint density at radius 3 is 2.67 bits per heavy atom. The zero-order valence-corrected chi connectivity index (χ0v) is 3.68. The highest BCUT2D eigenvalue weighted by molar-refractivity contribution is 5.03. The molecule has 1 rings (SSSR count). The SMILES string of the molecule is Cc1cc[n-]c1. The molecule has 32 valence electrons. The fourth-order valence-electron chi connectivity index (χ4n) is 0.364. The third-order valence-corrected chi connectivity index (χ3v) is 0.702. The van der Waals surface area contributed by atoms with Gasteiger partial charge in [0.15, 0.2) is 0 Å². The lowest BCUT2D eigenvalue weighted by Gasteiger charge is -1.77. The lowest BCUT2D eigenvalue weighted by atomic mass is 10.4. The van der Waals surface area contributed by atoms with Gasteiger partial charge in [-0.15, -0.1) is 0 Å². The molecule has 0 aliphatic heterocycles. The van der Waals surface area contributed by atoms with Crippen LogP contribution in [0.25, 0.3) is 0 Å². The van der Waals surface area contributed by atoms with Crippen molar-refractivity contribution in [1.82, 2.24) is 4.98 Å².